The highest BCUT2D eigenvalue weighted by Crippen LogP contribution is 2.33. The van der Waals surface area contributed by atoms with E-state index in [1.54, 1.807) is 7.11 Å². The number of halogens is 1. The molecule has 17 heavy (non-hydrogen) atoms. The summed E-state index contributed by atoms with van der Waals surface area (Å²) >= 11 is 6.07. The smallest absolute Gasteiger partial charge is 0.122 e. The molecule has 0 atom stereocenters. The van der Waals surface area contributed by atoms with Gasteiger partial charge in [0.25, 0.3) is 0 Å². The van der Waals surface area contributed by atoms with Crippen LogP contribution in [-0.2, 0) is 5.41 Å². The van der Waals surface area contributed by atoms with Crippen molar-refractivity contribution in [2.75, 3.05) is 20.2 Å². The number of hydrogen-bond acceptors (Lipinski definition) is 2. The molecule has 0 radical (unpaired) electrons. The fourth-order valence-electron chi connectivity index (χ4n) is 1.88. The highest BCUT2D eigenvalue weighted by atomic mass is 35.5. The van der Waals surface area contributed by atoms with Crippen LogP contribution in [0.5, 0.6) is 5.75 Å². The van der Waals surface area contributed by atoms with Crippen molar-refractivity contribution in [1.29, 1.82) is 0 Å². The first-order chi connectivity index (χ1) is 8.01. The van der Waals surface area contributed by atoms with Gasteiger partial charge in [0.15, 0.2) is 0 Å². The second kappa shape index (κ2) is 6.27. The summed E-state index contributed by atoms with van der Waals surface area (Å²) in [6.45, 7) is 8.51. The number of ether oxygens (including phenoxy) is 1. The van der Waals surface area contributed by atoms with Crippen LogP contribution in [0.25, 0.3) is 0 Å². The molecule has 0 aliphatic rings. The molecular weight excluding hydrogens is 234 g/mol. The summed E-state index contributed by atoms with van der Waals surface area (Å²) in [7, 11) is 1.70. The minimum absolute atomic E-state index is 0.00537. The molecule has 1 aromatic rings. The molecule has 0 heterocycles. The van der Waals surface area contributed by atoms with E-state index in [4.69, 9.17) is 16.3 Å². The molecule has 0 amide bonds. The second-order valence-corrected chi connectivity index (χ2v) is 5.34. The summed E-state index contributed by atoms with van der Waals surface area (Å²) in [6.07, 6.45) is 1.14. The van der Waals surface area contributed by atoms with E-state index in [9.17, 15) is 0 Å². The van der Waals surface area contributed by atoms with Gasteiger partial charge in [-0.1, -0.05) is 32.4 Å². The zero-order chi connectivity index (χ0) is 12.9. The van der Waals surface area contributed by atoms with Crippen LogP contribution in [0, 0.1) is 0 Å². The predicted molar refractivity (Wildman–Crippen MR) is 74.2 cm³/mol. The Morgan fingerprint density at radius 3 is 2.65 bits per heavy atom. The lowest BCUT2D eigenvalue weighted by Crippen LogP contribution is -2.33. The highest BCUT2D eigenvalue weighted by Gasteiger charge is 2.24. The van der Waals surface area contributed by atoms with E-state index in [1.165, 1.54) is 0 Å². The van der Waals surface area contributed by atoms with Crippen molar-refractivity contribution >= 4 is 11.6 Å². The van der Waals surface area contributed by atoms with Gasteiger partial charge >= 0.3 is 0 Å². The molecule has 0 bridgehead atoms. The van der Waals surface area contributed by atoms with Gasteiger partial charge in [0.2, 0.25) is 0 Å². The van der Waals surface area contributed by atoms with Crippen LogP contribution in [0.1, 0.15) is 32.8 Å². The monoisotopic (exact) mass is 255 g/mol. The molecule has 3 heteroatoms. The number of rotatable bonds is 6. The Morgan fingerprint density at radius 1 is 1.35 bits per heavy atom. The Bertz CT molecular complexity index is 363. The van der Waals surface area contributed by atoms with E-state index in [1.807, 2.05) is 18.2 Å². The molecule has 0 aliphatic carbocycles. The minimum Gasteiger partial charge on any atom is -0.496 e. The molecule has 0 unspecified atom stereocenters. The molecular formula is C14H22ClNO. The quantitative estimate of drug-likeness (QED) is 0.784. The summed E-state index contributed by atoms with van der Waals surface area (Å²) in [5, 5.41) is 4.20. The van der Waals surface area contributed by atoms with Crippen LogP contribution in [-0.4, -0.2) is 20.2 Å². The van der Waals surface area contributed by atoms with Crippen LogP contribution >= 0.6 is 11.6 Å². The standard InChI is InChI=1S/C14H22ClNO/c1-5-8-16-10-14(2,3)12-9-11(15)6-7-13(12)17-4/h6-7,9,16H,5,8,10H2,1-4H3. The Balaban J connectivity index is 2.91. The van der Waals surface area contributed by atoms with Gasteiger partial charge in [0.1, 0.15) is 5.75 Å². The lowest BCUT2D eigenvalue weighted by atomic mass is 9.84. The molecule has 0 saturated carbocycles. The van der Waals surface area contributed by atoms with Crippen molar-refractivity contribution in [1.82, 2.24) is 5.32 Å². The Morgan fingerprint density at radius 2 is 2.06 bits per heavy atom. The van der Waals surface area contributed by atoms with E-state index in [-0.39, 0.29) is 5.41 Å². The average Bonchev–Trinajstić information content (AvgIpc) is 2.29. The Hall–Kier alpha value is -0.730. The van der Waals surface area contributed by atoms with E-state index < -0.39 is 0 Å². The van der Waals surface area contributed by atoms with Crippen molar-refractivity contribution in [3.63, 3.8) is 0 Å². The zero-order valence-corrected chi connectivity index (χ0v) is 11.9. The Labute approximate surface area is 109 Å². The lowest BCUT2D eigenvalue weighted by molar-refractivity contribution is 0.386. The maximum Gasteiger partial charge on any atom is 0.122 e. The SMILES string of the molecule is CCCNCC(C)(C)c1cc(Cl)ccc1OC. The summed E-state index contributed by atoms with van der Waals surface area (Å²) in [6, 6.07) is 5.78. The Kier molecular flexibility index (Phi) is 5.29. The highest BCUT2D eigenvalue weighted by molar-refractivity contribution is 6.30. The normalized spacial score (nSPS) is 11.6. The van der Waals surface area contributed by atoms with Crippen molar-refractivity contribution in [3.05, 3.63) is 28.8 Å². The van der Waals surface area contributed by atoms with Crippen molar-refractivity contribution in [2.45, 2.75) is 32.6 Å². The predicted octanol–water partition coefficient (Wildman–Crippen LogP) is 3.63. The molecule has 0 aromatic heterocycles. The first-order valence-electron chi connectivity index (χ1n) is 6.06. The fourth-order valence-corrected chi connectivity index (χ4v) is 2.05. The van der Waals surface area contributed by atoms with E-state index in [0.29, 0.717) is 0 Å². The number of methoxy groups -OCH3 is 1. The van der Waals surface area contributed by atoms with Crippen LogP contribution in [0.3, 0.4) is 0 Å². The zero-order valence-electron chi connectivity index (χ0n) is 11.1. The summed E-state index contributed by atoms with van der Waals surface area (Å²) in [5.74, 6) is 0.901. The van der Waals surface area contributed by atoms with Gasteiger partial charge in [-0.3, -0.25) is 0 Å². The van der Waals surface area contributed by atoms with Gasteiger partial charge < -0.3 is 10.1 Å². The van der Waals surface area contributed by atoms with Crippen LogP contribution in [0.2, 0.25) is 5.02 Å². The molecule has 0 spiro atoms. The van der Waals surface area contributed by atoms with E-state index in [0.717, 1.165) is 35.8 Å². The van der Waals surface area contributed by atoms with Crippen molar-refractivity contribution in [2.24, 2.45) is 0 Å². The maximum absolute atomic E-state index is 6.07. The van der Waals surface area contributed by atoms with Crippen molar-refractivity contribution in [3.8, 4) is 5.75 Å². The largest absolute Gasteiger partial charge is 0.496 e. The molecule has 1 N–H and O–H groups in total. The van der Waals surface area contributed by atoms with E-state index >= 15 is 0 Å². The van der Waals surface area contributed by atoms with Gasteiger partial charge in [0, 0.05) is 22.5 Å². The molecule has 2 nitrogen and oxygen atoms in total. The van der Waals surface area contributed by atoms with Crippen LogP contribution in [0.4, 0.5) is 0 Å². The third-order valence-electron chi connectivity index (χ3n) is 2.88. The van der Waals surface area contributed by atoms with Crippen LogP contribution in [0.15, 0.2) is 18.2 Å². The lowest BCUT2D eigenvalue weighted by Gasteiger charge is -2.27. The summed E-state index contributed by atoms with van der Waals surface area (Å²) in [5.41, 5.74) is 1.15. The third kappa shape index (κ3) is 3.90. The van der Waals surface area contributed by atoms with Gasteiger partial charge in [-0.15, -0.1) is 0 Å². The first kappa shape index (κ1) is 14.3. The molecule has 96 valence electrons. The van der Waals surface area contributed by atoms with Gasteiger partial charge in [-0.05, 0) is 31.2 Å². The molecule has 0 saturated heterocycles. The van der Waals surface area contributed by atoms with Crippen molar-refractivity contribution < 1.29 is 4.74 Å². The molecule has 1 aromatic carbocycles. The van der Waals surface area contributed by atoms with E-state index in [2.05, 4.69) is 26.1 Å². The van der Waals surface area contributed by atoms with Gasteiger partial charge in [-0.2, -0.15) is 0 Å². The second-order valence-electron chi connectivity index (χ2n) is 4.91. The molecule has 0 fully saturated rings. The fraction of sp³-hybridized carbons (Fsp3) is 0.571. The number of nitrogens with one attached hydrogen (secondary N) is 1. The number of benzene rings is 1. The summed E-state index contributed by atoms with van der Waals surface area (Å²) < 4.78 is 5.41. The van der Waals surface area contributed by atoms with Gasteiger partial charge in [0.05, 0.1) is 7.11 Å². The third-order valence-corrected chi connectivity index (χ3v) is 3.12. The van der Waals surface area contributed by atoms with Gasteiger partial charge in [-0.25, -0.2) is 0 Å². The number of hydrogen-bond donors (Lipinski definition) is 1. The summed E-state index contributed by atoms with van der Waals surface area (Å²) in [4.78, 5) is 0. The van der Waals surface area contributed by atoms with Crippen LogP contribution < -0.4 is 10.1 Å². The molecule has 1 rings (SSSR count). The first-order valence-corrected chi connectivity index (χ1v) is 6.44. The minimum atomic E-state index is 0.00537. The topological polar surface area (TPSA) is 21.3 Å². The molecule has 0 aliphatic heterocycles. The average molecular weight is 256 g/mol. The maximum atomic E-state index is 6.07.